The summed E-state index contributed by atoms with van der Waals surface area (Å²) in [5.41, 5.74) is 1.28. The summed E-state index contributed by atoms with van der Waals surface area (Å²) in [6.07, 6.45) is 6.05. The number of hydrogen-bond acceptors (Lipinski definition) is 2. The van der Waals surface area contributed by atoms with Crippen molar-refractivity contribution < 1.29 is 9.90 Å². The van der Waals surface area contributed by atoms with Gasteiger partial charge in [0.05, 0.1) is 6.10 Å². The minimum absolute atomic E-state index is 0.00284. The smallest absolute Gasteiger partial charge is 0.317 e. The number of carbonyl (C=O) groups excluding carboxylic acids is 1. The van der Waals surface area contributed by atoms with Gasteiger partial charge in [0.1, 0.15) is 0 Å². The van der Waals surface area contributed by atoms with Gasteiger partial charge in [-0.1, -0.05) is 36.8 Å². The summed E-state index contributed by atoms with van der Waals surface area (Å²) in [6.45, 7) is 0.649. The molecule has 126 valence electrons. The largest absolute Gasteiger partial charge is 0.393 e. The number of carbonyl (C=O) groups is 1. The third-order valence-corrected chi connectivity index (χ3v) is 5.27. The highest BCUT2D eigenvalue weighted by molar-refractivity contribution is 5.74. The number of amides is 2. The van der Waals surface area contributed by atoms with E-state index in [0.29, 0.717) is 12.5 Å². The lowest BCUT2D eigenvalue weighted by molar-refractivity contribution is 0.113. The number of urea groups is 1. The predicted octanol–water partition coefficient (Wildman–Crippen LogP) is 2.81. The van der Waals surface area contributed by atoms with Gasteiger partial charge in [-0.3, -0.25) is 0 Å². The molecule has 1 aromatic carbocycles. The molecule has 23 heavy (non-hydrogen) atoms. The number of aliphatic hydroxyl groups is 1. The average Bonchev–Trinajstić information content (AvgIpc) is 3.32. The Kier molecular flexibility index (Phi) is 5.21. The molecule has 0 heterocycles. The Morgan fingerprint density at radius 2 is 2.00 bits per heavy atom. The number of hydrogen-bond donors (Lipinski definition) is 2. The molecule has 3 unspecified atom stereocenters. The molecule has 4 nitrogen and oxygen atoms in total. The molecular weight excluding hydrogens is 288 g/mol. The van der Waals surface area contributed by atoms with Crippen molar-refractivity contribution in [3.63, 3.8) is 0 Å². The van der Waals surface area contributed by atoms with Crippen molar-refractivity contribution in [2.24, 2.45) is 11.8 Å². The first-order valence-electron chi connectivity index (χ1n) is 8.87. The summed E-state index contributed by atoms with van der Waals surface area (Å²) in [4.78, 5) is 14.3. The van der Waals surface area contributed by atoms with Crippen LogP contribution in [0.25, 0.3) is 0 Å². The number of nitrogens with one attached hydrogen (secondary N) is 1. The second-order valence-corrected chi connectivity index (χ2v) is 7.22. The maximum absolute atomic E-state index is 12.5. The van der Waals surface area contributed by atoms with E-state index in [2.05, 4.69) is 29.6 Å². The van der Waals surface area contributed by atoms with Crippen LogP contribution < -0.4 is 5.32 Å². The molecule has 0 radical (unpaired) electrons. The maximum atomic E-state index is 12.5. The lowest BCUT2D eigenvalue weighted by Crippen LogP contribution is -2.47. The van der Waals surface area contributed by atoms with Crippen LogP contribution in [0.2, 0.25) is 0 Å². The van der Waals surface area contributed by atoms with Gasteiger partial charge in [-0.15, -0.1) is 0 Å². The van der Waals surface area contributed by atoms with Crippen LogP contribution in [-0.4, -0.2) is 41.8 Å². The second kappa shape index (κ2) is 7.35. The monoisotopic (exact) mass is 316 g/mol. The zero-order valence-corrected chi connectivity index (χ0v) is 13.9. The molecule has 4 heteroatoms. The molecule has 2 N–H and O–H groups in total. The van der Waals surface area contributed by atoms with Crippen LogP contribution in [0.3, 0.4) is 0 Å². The van der Waals surface area contributed by atoms with Gasteiger partial charge in [0, 0.05) is 25.6 Å². The third-order valence-electron chi connectivity index (χ3n) is 5.27. The Balaban J connectivity index is 1.53. The fourth-order valence-corrected chi connectivity index (χ4v) is 3.64. The standard InChI is InChI=1S/C19H28N2O2/c1-21(13-16-8-5-9-18(16)22)19(23)20-17(15-10-11-15)12-14-6-3-2-4-7-14/h2-4,6-7,15-18,22H,5,8-13H2,1H3,(H,20,23). The zero-order chi connectivity index (χ0) is 16.2. The van der Waals surface area contributed by atoms with Crippen molar-refractivity contribution in [2.45, 2.75) is 50.7 Å². The molecule has 2 aliphatic rings. The number of benzene rings is 1. The van der Waals surface area contributed by atoms with Crippen LogP contribution in [0.1, 0.15) is 37.7 Å². The molecule has 0 aromatic heterocycles. The van der Waals surface area contributed by atoms with Crippen LogP contribution in [-0.2, 0) is 6.42 Å². The Morgan fingerprint density at radius 1 is 1.26 bits per heavy atom. The lowest BCUT2D eigenvalue weighted by Gasteiger charge is -2.26. The first-order valence-corrected chi connectivity index (χ1v) is 8.87. The molecular formula is C19H28N2O2. The van der Waals surface area contributed by atoms with Crippen molar-refractivity contribution in [3.8, 4) is 0 Å². The van der Waals surface area contributed by atoms with Crippen LogP contribution >= 0.6 is 0 Å². The topological polar surface area (TPSA) is 52.6 Å². The Morgan fingerprint density at radius 3 is 2.61 bits per heavy atom. The Bertz CT molecular complexity index is 515. The summed E-state index contributed by atoms with van der Waals surface area (Å²) in [5.74, 6) is 0.851. The van der Waals surface area contributed by atoms with Crippen molar-refractivity contribution in [1.82, 2.24) is 10.2 Å². The van der Waals surface area contributed by atoms with Crippen LogP contribution in [0.15, 0.2) is 30.3 Å². The second-order valence-electron chi connectivity index (χ2n) is 7.22. The highest BCUT2D eigenvalue weighted by Crippen LogP contribution is 2.34. The Labute approximate surface area is 138 Å². The van der Waals surface area contributed by atoms with Crippen molar-refractivity contribution in [1.29, 1.82) is 0 Å². The van der Waals surface area contributed by atoms with Crippen LogP contribution in [0, 0.1) is 11.8 Å². The van der Waals surface area contributed by atoms with Gasteiger partial charge in [-0.25, -0.2) is 4.79 Å². The molecule has 2 aliphatic carbocycles. The summed E-state index contributed by atoms with van der Waals surface area (Å²) in [5, 5.41) is 13.2. The van der Waals surface area contributed by atoms with E-state index < -0.39 is 0 Å². The van der Waals surface area contributed by atoms with Crippen LogP contribution in [0.4, 0.5) is 4.79 Å². The predicted molar refractivity (Wildman–Crippen MR) is 91.2 cm³/mol. The van der Waals surface area contributed by atoms with E-state index in [0.717, 1.165) is 25.7 Å². The Hall–Kier alpha value is -1.55. The minimum atomic E-state index is -0.242. The number of aliphatic hydroxyl groups excluding tert-OH is 1. The van der Waals surface area contributed by atoms with Gasteiger partial charge in [-0.2, -0.15) is 0 Å². The summed E-state index contributed by atoms with van der Waals surface area (Å²) >= 11 is 0. The number of nitrogens with zero attached hydrogens (tertiary/aromatic N) is 1. The van der Waals surface area contributed by atoms with Crippen molar-refractivity contribution in [3.05, 3.63) is 35.9 Å². The fraction of sp³-hybridized carbons (Fsp3) is 0.632. The van der Waals surface area contributed by atoms with Gasteiger partial charge in [0.2, 0.25) is 0 Å². The average molecular weight is 316 g/mol. The molecule has 1 aromatic rings. The molecule has 0 spiro atoms. The first-order chi connectivity index (χ1) is 11.1. The van der Waals surface area contributed by atoms with E-state index in [4.69, 9.17) is 0 Å². The van der Waals surface area contributed by atoms with Gasteiger partial charge in [0.15, 0.2) is 0 Å². The normalized spacial score (nSPS) is 25.1. The highest BCUT2D eigenvalue weighted by Gasteiger charge is 2.33. The molecule has 2 fully saturated rings. The fourth-order valence-electron chi connectivity index (χ4n) is 3.64. The summed E-state index contributed by atoms with van der Waals surface area (Å²) in [7, 11) is 1.84. The SMILES string of the molecule is CN(CC1CCCC1O)C(=O)NC(Cc1ccccc1)C1CC1. The van der Waals surface area contributed by atoms with Gasteiger partial charge in [0.25, 0.3) is 0 Å². The van der Waals surface area contributed by atoms with Gasteiger partial charge in [-0.05, 0) is 43.6 Å². The summed E-state index contributed by atoms with van der Waals surface area (Å²) < 4.78 is 0. The minimum Gasteiger partial charge on any atom is -0.393 e. The number of rotatable bonds is 6. The molecule has 2 saturated carbocycles. The third kappa shape index (κ3) is 4.47. The lowest BCUT2D eigenvalue weighted by atomic mass is 10.0. The van der Waals surface area contributed by atoms with E-state index in [1.165, 1.54) is 18.4 Å². The quantitative estimate of drug-likeness (QED) is 0.848. The molecule has 2 amide bonds. The molecule has 3 atom stereocenters. The van der Waals surface area contributed by atoms with Gasteiger partial charge < -0.3 is 15.3 Å². The molecule has 3 rings (SSSR count). The van der Waals surface area contributed by atoms with E-state index in [-0.39, 0.29) is 24.1 Å². The molecule has 0 aliphatic heterocycles. The highest BCUT2D eigenvalue weighted by atomic mass is 16.3. The molecule has 0 saturated heterocycles. The summed E-state index contributed by atoms with van der Waals surface area (Å²) in [6, 6.07) is 10.6. The van der Waals surface area contributed by atoms with E-state index in [9.17, 15) is 9.90 Å². The van der Waals surface area contributed by atoms with E-state index in [1.54, 1.807) is 4.90 Å². The maximum Gasteiger partial charge on any atom is 0.317 e. The molecule has 0 bridgehead atoms. The van der Waals surface area contributed by atoms with Crippen molar-refractivity contribution >= 4 is 6.03 Å². The zero-order valence-electron chi connectivity index (χ0n) is 13.9. The van der Waals surface area contributed by atoms with Crippen molar-refractivity contribution in [2.75, 3.05) is 13.6 Å². The van der Waals surface area contributed by atoms with Crippen LogP contribution in [0.5, 0.6) is 0 Å². The van der Waals surface area contributed by atoms with E-state index >= 15 is 0 Å². The van der Waals surface area contributed by atoms with Gasteiger partial charge >= 0.3 is 6.03 Å². The van der Waals surface area contributed by atoms with E-state index in [1.807, 2.05) is 13.1 Å². The first kappa shape index (κ1) is 16.3.